The van der Waals surface area contributed by atoms with Gasteiger partial charge in [0.05, 0.1) is 5.69 Å². The Morgan fingerprint density at radius 1 is 0.871 bits per heavy atom. The number of nitrogens with one attached hydrogen (secondary N) is 1. The Morgan fingerprint density at radius 3 is 2.19 bits per heavy atom. The molecule has 0 fully saturated rings. The van der Waals surface area contributed by atoms with E-state index in [0.717, 1.165) is 22.6 Å². The highest BCUT2D eigenvalue weighted by Gasteiger charge is 2.18. The first-order chi connectivity index (χ1) is 15.2. The molecule has 1 heterocycles. The van der Waals surface area contributed by atoms with Gasteiger partial charge < -0.3 is 15.2 Å². The monoisotopic (exact) mass is 411 g/mol. The standard InChI is InChI=1S/C25H21N3O3/c29-25(30)23(15-18-7-3-1-4-8-18)28-24-16-22(26-17-27-24)19-11-13-21(14-12-19)31-20-9-5-2-6-10-20/h1-14,16-17,23H,15H2,(H,29,30)(H,26,27,28). The average Bonchev–Trinajstić information content (AvgIpc) is 2.81. The Balaban J connectivity index is 1.47. The lowest BCUT2D eigenvalue weighted by atomic mass is 10.1. The zero-order chi connectivity index (χ0) is 21.5. The number of rotatable bonds is 8. The minimum atomic E-state index is -0.938. The summed E-state index contributed by atoms with van der Waals surface area (Å²) in [7, 11) is 0. The molecule has 0 amide bonds. The SMILES string of the molecule is O=C(O)C(Cc1ccccc1)Nc1cc(-c2ccc(Oc3ccccc3)cc2)ncn1. The summed E-state index contributed by atoms with van der Waals surface area (Å²) in [4.78, 5) is 20.2. The minimum absolute atomic E-state index is 0.348. The molecule has 31 heavy (non-hydrogen) atoms. The molecule has 1 unspecified atom stereocenters. The van der Waals surface area contributed by atoms with Gasteiger partial charge in [0.25, 0.3) is 0 Å². The van der Waals surface area contributed by atoms with E-state index in [1.807, 2.05) is 84.9 Å². The highest BCUT2D eigenvalue weighted by Crippen LogP contribution is 2.25. The van der Waals surface area contributed by atoms with Gasteiger partial charge in [-0.1, -0.05) is 48.5 Å². The molecular weight excluding hydrogens is 390 g/mol. The molecule has 4 aromatic rings. The van der Waals surface area contributed by atoms with Gasteiger partial charge in [-0.15, -0.1) is 0 Å². The fourth-order valence-electron chi connectivity index (χ4n) is 3.14. The topological polar surface area (TPSA) is 84.3 Å². The molecule has 0 saturated heterocycles. The summed E-state index contributed by atoms with van der Waals surface area (Å²) in [6.07, 6.45) is 1.77. The zero-order valence-electron chi connectivity index (χ0n) is 16.7. The molecule has 0 spiro atoms. The van der Waals surface area contributed by atoms with Gasteiger partial charge in [0.15, 0.2) is 0 Å². The number of aromatic nitrogens is 2. The third kappa shape index (κ3) is 5.45. The van der Waals surface area contributed by atoms with Crippen molar-refractivity contribution in [3.8, 4) is 22.8 Å². The fraction of sp³-hybridized carbons (Fsp3) is 0.0800. The third-order valence-corrected chi connectivity index (χ3v) is 4.70. The molecule has 6 heteroatoms. The van der Waals surface area contributed by atoms with E-state index in [1.54, 1.807) is 6.07 Å². The molecule has 0 aliphatic carbocycles. The van der Waals surface area contributed by atoms with Crippen LogP contribution in [0.2, 0.25) is 0 Å². The second-order valence-electron chi connectivity index (χ2n) is 6.95. The molecular formula is C25H21N3O3. The summed E-state index contributed by atoms with van der Waals surface area (Å²) < 4.78 is 5.82. The maximum absolute atomic E-state index is 11.7. The largest absolute Gasteiger partial charge is 0.480 e. The van der Waals surface area contributed by atoms with Gasteiger partial charge in [0.1, 0.15) is 29.7 Å². The number of hydrogen-bond donors (Lipinski definition) is 2. The number of anilines is 1. The summed E-state index contributed by atoms with van der Waals surface area (Å²) in [5.41, 5.74) is 2.50. The molecule has 0 bridgehead atoms. The first-order valence-corrected chi connectivity index (χ1v) is 9.86. The van der Waals surface area contributed by atoms with E-state index in [2.05, 4.69) is 15.3 Å². The number of carbonyl (C=O) groups is 1. The van der Waals surface area contributed by atoms with Crippen molar-refractivity contribution in [3.63, 3.8) is 0 Å². The van der Waals surface area contributed by atoms with Crippen molar-refractivity contribution in [1.29, 1.82) is 0 Å². The van der Waals surface area contributed by atoms with Crippen molar-refractivity contribution < 1.29 is 14.6 Å². The second-order valence-corrected chi connectivity index (χ2v) is 6.95. The van der Waals surface area contributed by atoms with Crippen molar-refractivity contribution in [1.82, 2.24) is 9.97 Å². The molecule has 6 nitrogen and oxygen atoms in total. The van der Waals surface area contributed by atoms with Gasteiger partial charge >= 0.3 is 5.97 Å². The number of hydrogen-bond acceptors (Lipinski definition) is 5. The molecule has 2 N–H and O–H groups in total. The number of nitrogens with zero attached hydrogens (tertiary/aromatic N) is 2. The fourth-order valence-corrected chi connectivity index (χ4v) is 3.14. The van der Waals surface area contributed by atoms with Crippen LogP contribution in [0.15, 0.2) is 97.3 Å². The normalized spacial score (nSPS) is 11.5. The van der Waals surface area contributed by atoms with Gasteiger partial charge in [-0.05, 0) is 42.0 Å². The van der Waals surface area contributed by atoms with Gasteiger partial charge in [-0.3, -0.25) is 0 Å². The van der Waals surface area contributed by atoms with E-state index < -0.39 is 12.0 Å². The van der Waals surface area contributed by atoms with Crippen LogP contribution in [0.5, 0.6) is 11.5 Å². The van der Waals surface area contributed by atoms with Gasteiger partial charge in [-0.2, -0.15) is 0 Å². The van der Waals surface area contributed by atoms with Crippen LogP contribution >= 0.6 is 0 Å². The van der Waals surface area contributed by atoms with Crippen molar-refractivity contribution >= 4 is 11.8 Å². The summed E-state index contributed by atoms with van der Waals surface area (Å²) >= 11 is 0. The molecule has 1 atom stereocenters. The lowest BCUT2D eigenvalue weighted by molar-refractivity contribution is -0.137. The predicted octanol–water partition coefficient (Wildman–Crippen LogP) is 5.04. The van der Waals surface area contributed by atoms with Crippen LogP contribution in [0.1, 0.15) is 5.56 Å². The molecule has 0 aliphatic rings. The zero-order valence-corrected chi connectivity index (χ0v) is 16.7. The smallest absolute Gasteiger partial charge is 0.326 e. The average molecular weight is 411 g/mol. The number of para-hydroxylation sites is 1. The van der Waals surface area contributed by atoms with Crippen LogP contribution in [-0.4, -0.2) is 27.1 Å². The predicted molar refractivity (Wildman–Crippen MR) is 119 cm³/mol. The lowest BCUT2D eigenvalue weighted by Gasteiger charge is -2.15. The highest BCUT2D eigenvalue weighted by molar-refractivity contribution is 5.77. The van der Waals surface area contributed by atoms with E-state index >= 15 is 0 Å². The maximum Gasteiger partial charge on any atom is 0.326 e. The Morgan fingerprint density at radius 2 is 1.52 bits per heavy atom. The molecule has 0 radical (unpaired) electrons. The van der Waals surface area contributed by atoms with Crippen molar-refractivity contribution in [2.24, 2.45) is 0 Å². The molecule has 0 saturated carbocycles. The molecule has 154 valence electrons. The number of aliphatic carboxylic acids is 1. The van der Waals surface area contributed by atoms with Gasteiger partial charge in [0, 0.05) is 18.1 Å². The van der Waals surface area contributed by atoms with E-state index in [9.17, 15) is 9.90 Å². The quantitative estimate of drug-likeness (QED) is 0.422. The molecule has 1 aromatic heterocycles. The second kappa shape index (κ2) is 9.54. The summed E-state index contributed by atoms with van der Waals surface area (Å²) in [6, 6.07) is 27.5. The van der Waals surface area contributed by atoms with Crippen LogP contribution in [0.4, 0.5) is 5.82 Å². The van der Waals surface area contributed by atoms with E-state index in [0.29, 0.717) is 17.9 Å². The third-order valence-electron chi connectivity index (χ3n) is 4.70. The van der Waals surface area contributed by atoms with Gasteiger partial charge in [-0.25, -0.2) is 14.8 Å². The number of carboxylic acid groups (broad SMARTS) is 1. The minimum Gasteiger partial charge on any atom is -0.480 e. The van der Waals surface area contributed by atoms with Crippen molar-refractivity contribution in [2.45, 2.75) is 12.5 Å². The number of carboxylic acids is 1. The van der Waals surface area contributed by atoms with Crippen LogP contribution in [0, 0.1) is 0 Å². The first-order valence-electron chi connectivity index (χ1n) is 9.86. The first kappa shape index (κ1) is 20.1. The number of ether oxygens (including phenoxy) is 1. The van der Waals surface area contributed by atoms with E-state index in [-0.39, 0.29) is 0 Å². The Bertz CT molecular complexity index is 1130. The molecule has 3 aromatic carbocycles. The Kier molecular flexibility index (Phi) is 6.18. The van der Waals surface area contributed by atoms with Crippen LogP contribution in [0.3, 0.4) is 0 Å². The van der Waals surface area contributed by atoms with Crippen LogP contribution < -0.4 is 10.1 Å². The van der Waals surface area contributed by atoms with Crippen LogP contribution in [-0.2, 0) is 11.2 Å². The molecule has 0 aliphatic heterocycles. The van der Waals surface area contributed by atoms with Crippen molar-refractivity contribution in [2.75, 3.05) is 5.32 Å². The maximum atomic E-state index is 11.7. The lowest BCUT2D eigenvalue weighted by Crippen LogP contribution is -2.31. The van der Waals surface area contributed by atoms with E-state index in [4.69, 9.17) is 4.74 Å². The van der Waals surface area contributed by atoms with Gasteiger partial charge in [0.2, 0.25) is 0 Å². The number of benzene rings is 3. The molecule has 4 rings (SSSR count). The summed E-state index contributed by atoms with van der Waals surface area (Å²) in [5, 5.41) is 12.6. The van der Waals surface area contributed by atoms with E-state index in [1.165, 1.54) is 6.33 Å². The van der Waals surface area contributed by atoms with Crippen LogP contribution in [0.25, 0.3) is 11.3 Å². The summed E-state index contributed by atoms with van der Waals surface area (Å²) in [6.45, 7) is 0. The Hall–Kier alpha value is -4.19. The van der Waals surface area contributed by atoms with Crippen molar-refractivity contribution in [3.05, 3.63) is 103 Å². The Labute approximate surface area is 180 Å². The summed E-state index contributed by atoms with van der Waals surface area (Å²) in [5.74, 6) is 1.00. The highest BCUT2D eigenvalue weighted by atomic mass is 16.5.